The Balaban J connectivity index is 1.87. The number of rotatable bonds is 0. The number of ether oxygens (including phenoxy) is 2. The molecule has 3 aliphatic rings. The second-order valence-electron chi connectivity index (χ2n) is 3.01. The molecule has 0 spiro atoms. The third-order valence-corrected chi connectivity index (χ3v) is 2.86. The van der Waals surface area contributed by atoms with Gasteiger partial charge in [0.15, 0.2) is 0 Å². The lowest BCUT2D eigenvalue weighted by Gasteiger charge is -2.06. The number of epoxide rings is 2. The maximum atomic E-state index is 5.34. The summed E-state index contributed by atoms with van der Waals surface area (Å²) < 4.78 is 10.7. The number of hydrogen-bond acceptors (Lipinski definition) is 3. The van der Waals surface area contributed by atoms with Crippen molar-refractivity contribution < 1.29 is 9.47 Å². The number of thiol groups is 1. The van der Waals surface area contributed by atoms with Crippen LogP contribution in [0, 0.1) is 0 Å². The van der Waals surface area contributed by atoms with E-state index in [-0.39, 0.29) is 0 Å². The van der Waals surface area contributed by atoms with Gasteiger partial charge in [0, 0.05) is 5.25 Å². The standard InChI is InChI=1S/C6H8O2S/c9-3-1-2-4(7-2)6-5(3)8-6/h2-6,9H,1H2. The highest BCUT2D eigenvalue weighted by molar-refractivity contribution is 7.81. The molecule has 0 radical (unpaired) electrons. The van der Waals surface area contributed by atoms with Gasteiger partial charge in [0.05, 0.1) is 12.2 Å². The average molecular weight is 144 g/mol. The molecule has 3 fully saturated rings. The van der Waals surface area contributed by atoms with Gasteiger partial charge in [-0.25, -0.2) is 0 Å². The van der Waals surface area contributed by atoms with Crippen LogP contribution in [0.1, 0.15) is 6.42 Å². The molecule has 0 N–H and O–H groups in total. The van der Waals surface area contributed by atoms with Gasteiger partial charge in [-0.3, -0.25) is 0 Å². The van der Waals surface area contributed by atoms with Crippen LogP contribution in [0.5, 0.6) is 0 Å². The average Bonchev–Trinajstić information content (AvgIpc) is 2.54. The van der Waals surface area contributed by atoms with Gasteiger partial charge in [0.2, 0.25) is 0 Å². The van der Waals surface area contributed by atoms with Crippen molar-refractivity contribution in [3.63, 3.8) is 0 Å². The molecule has 0 amide bonds. The molecular weight excluding hydrogens is 136 g/mol. The van der Waals surface area contributed by atoms with Crippen LogP contribution in [0.3, 0.4) is 0 Å². The first-order valence-corrected chi connectivity index (χ1v) is 3.87. The third-order valence-electron chi connectivity index (χ3n) is 2.36. The van der Waals surface area contributed by atoms with E-state index < -0.39 is 0 Å². The maximum Gasteiger partial charge on any atom is 0.114 e. The summed E-state index contributed by atoms with van der Waals surface area (Å²) in [6, 6.07) is 0. The number of hydrogen-bond donors (Lipinski definition) is 1. The van der Waals surface area contributed by atoms with Crippen molar-refractivity contribution in [2.75, 3.05) is 0 Å². The van der Waals surface area contributed by atoms with Crippen molar-refractivity contribution >= 4 is 12.6 Å². The van der Waals surface area contributed by atoms with Crippen molar-refractivity contribution in [2.45, 2.75) is 36.1 Å². The van der Waals surface area contributed by atoms with Crippen LogP contribution in [-0.4, -0.2) is 29.7 Å². The van der Waals surface area contributed by atoms with E-state index in [0.717, 1.165) is 6.42 Å². The highest BCUT2D eigenvalue weighted by atomic mass is 32.1. The first kappa shape index (κ1) is 4.99. The highest BCUT2D eigenvalue weighted by Gasteiger charge is 2.64. The van der Waals surface area contributed by atoms with E-state index in [9.17, 15) is 0 Å². The molecule has 0 aromatic rings. The minimum Gasteiger partial charge on any atom is -0.367 e. The molecule has 5 atom stereocenters. The Kier molecular flexibility index (Phi) is 0.726. The summed E-state index contributed by atoms with van der Waals surface area (Å²) in [5.41, 5.74) is 0. The van der Waals surface area contributed by atoms with E-state index in [1.54, 1.807) is 0 Å². The van der Waals surface area contributed by atoms with Gasteiger partial charge in [-0.05, 0) is 6.42 Å². The summed E-state index contributed by atoms with van der Waals surface area (Å²) in [5.74, 6) is 0. The van der Waals surface area contributed by atoms with Gasteiger partial charge in [-0.2, -0.15) is 12.6 Å². The molecule has 5 unspecified atom stereocenters. The second kappa shape index (κ2) is 1.31. The zero-order valence-electron chi connectivity index (χ0n) is 4.86. The molecule has 0 bridgehead atoms. The fourth-order valence-corrected chi connectivity index (χ4v) is 2.17. The Hall–Kier alpha value is 0.270. The SMILES string of the molecule is SC1CC2OC2C2OC12. The summed E-state index contributed by atoms with van der Waals surface area (Å²) >= 11 is 4.38. The van der Waals surface area contributed by atoms with Gasteiger partial charge < -0.3 is 9.47 Å². The fourth-order valence-electron chi connectivity index (χ4n) is 1.72. The lowest BCUT2D eigenvalue weighted by molar-refractivity contribution is 0.292. The Morgan fingerprint density at radius 1 is 1.11 bits per heavy atom. The molecule has 1 aliphatic carbocycles. The first-order chi connectivity index (χ1) is 4.36. The van der Waals surface area contributed by atoms with E-state index in [4.69, 9.17) is 9.47 Å². The molecule has 0 aromatic carbocycles. The van der Waals surface area contributed by atoms with Crippen LogP contribution in [0.15, 0.2) is 0 Å². The van der Waals surface area contributed by atoms with Crippen LogP contribution in [0.2, 0.25) is 0 Å². The zero-order chi connectivity index (χ0) is 6.01. The molecule has 2 nitrogen and oxygen atoms in total. The van der Waals surface area contributed by atoms with Gasteiger partial charge in [-0.1, -0.05) is 0 Å². The summed E-state index contributed by atoms with van der Waals surface area (Å²) in [5, 5.41) is 0.443. The molecule has 2 saturated heterocycles. The second-order valence-corrected chi connectivity index (χ2v) is 3.67. The van der Waals surface area contributed by atoms with E-state index in [1.165, 1.54) is 0 Å². The molecule has 50 valence electrons. The lowest BCUT2D eigenvalue weighted by atomic mass is 10.0. The van der Waals surface area contributed by atoms with Crippen LogP contribution in [0.4, 0.5) is 0 Å². The van der Waals surface area contributed by atoms with Gasteiger partial charge in [0.1, 0.15) is 12.2 Å². The summed E-state index contributed by atoms with van der Waals surface area (Å²) in [6.07, 6.45) is 2.90. The predicted molar refractivity (Wildman–Crippen MR) is 34.7 cm³/mol. The van der Waals surface area contributed by atoms with E-state index in [1.807, 2.05) is 0 Å². The van der Waals surface area contributed by atoms with Crippen LogP contribution in [-0.2, 0) is 9.47 Å². The highest BCUT2D eigenvalue weighted by Crippen LogP contribution is 2.49. The summed E-state index contributed by atoms with van der Waals surface area (Å²) in [4.78, 5) is 0. The van der Waals surface area contributed by atoms with E-state index >= 15 is 0 Å². The van der Waals surface area contributed by atoms with Gasteiger partial charge in [0.25, 0.3) is 0 Å². The maximum absolute atomic E-state index is 5.34. The molecule has 2 heterocycles. The van der Waals surface area contributed by atoms with Crippen molar-refractivity contribution in [2.24, 2.45) is 0 Å². The van der Waals surface area contributed by atoms with E-state index in [0.29, 0.717) is 29.7 Å². The smallest absolute Gasteiger partial charge is 0.114 e. The molecule has 2 aliphatic heterocycles. The predicted octanol–water partition coefficient (Wildman–Crippen LogP) is 0.223. The molecule has 3 heteroatoms. The van der Waals surface area contributed by atoms with Crippen LogP contribution < -0.4 is 0 Å². The molecule has 0 aromatic heterocycles. The lowest BCUT2D eigenvalue weighted by Crippen LogP contribution is -2.22. The number of fused-ring (bicyclic) bond motifs is 3. The van der Waals surface area contributed by atoms with Crippen molar-refractivity contribution in [3.05, 3.63) is 0 Å². The van der Waals surface area contributed by atoms with Crippen LogP contribution >= 0.6 is 12.6 Å². The zero-order valence-corrected chi connectivity index (χ0v) is 5.75. The summed E-state index contributed by atoms with van der Waals surface area (Å²) in [7, 11) is 0. The van der Waals surface area contributed by atoms with Gasteiger partial charge >= 0.3 is 0 Å². The monoisotopic (exact) mass is 144 g/mol. The third kappa shape index (κ3) is 0.552. The minimum absolute atomic E-state index is 0.422. The Bertz CT molecular complexity index is 156. The quantitative estimate of drug-likeness (QED) is 0.389. The van der Waals surface area contributed by atoms with Crippen LogP contribution in [0.25, 0.3) is 0 Å². The largest absolute Gasteiger partial charge is 0.367 e. The van der Waals surface area contributed by atoms with Crippen molar-refractivity contribution in [1.29, 1.82) is 0 Å². The Morgan fingerprint density at radius 2 is 2.00 bits per heavy atom. The first-order valence-electron chi connectivity index (χ1n) is 3.35. The van der Waals surface area contributed by atoms with Gasteiger partial charge in [-0.15, -0.1) is 0 Å². The van der Waals surface area contributed by atoms with Crippen molar-refractivity contribution in [3.8, 4) is 0 Å². The topological polar surface area (TPSA) is 25.1 Å². The Morgan fingerprint density at radius 3 is 2.89 bits per heavy atom. The summed E-state index contributed by atoms with van der Waals surface area (Å²) in [6.45, 7) is 0. The normalized spacial score (nSPS) is 68.3. The fraction of sp³-hybridized carbons (Fsp3) is 1.00. The van der Waals surface area contributed by atoms with Crippen molar-refractivity contribution in [1.82, 2.24) is 0 Å². The molecule has 3 rings (SSSR count). The molecule has 1 saturated carbocycles. The minimum atomic E-state index is 0.422. The molecule has 9 heavy (non-hydrogen) atoms. The van der Waals surface area contributed by atoms with E-state index in [2.05, 4.69) is 12.6 Å². The molecular formula is C6H8O2S. The Labute approximate surface area is 58.9 Å².